The van der Waals surface area contributed by atoms with E-state index in [9.17, 15) is 0 Å². The molecular formula is C30H38NOP. The third-order valence-corrected chi connectivity index (χ3v) is 8.27. The summed E-state index contributed by atoms with van der Waals surface area (Å²) in [4.78, 5) is 4.79. The zero-order valence-corrected chi connectivity index (χ0v) is 22.0. The second-order valence-corrected chi connectivity index (χ2v) is 11.4. The largest absolute Gasteiger partial charge is 0.488 e. The van der Waals surface area contributed by atoms with Gasteiger partial charge in [-0.25, -0.2) is 0 Å². The van der Waals surface area contributed by atoms with E-state index in [2.05, 4.69) is 114 Å². The fourth-order valence-electron chi connectivity index (χ4n) is 4.07. The Hall–Kier alpha value is -2.44. The highest BCUT2D eigenvalue weighted by molar-refractivity contribution is 7.48. The summed E-state index contributed by atoms with van der Waals surface area (Å²) < 4.78 is 6.50. The number of rotatable bonds is 9. The van der Waals surface area contributed by atoms with Crippen LogP contribution in [0, 0.1) is 6.92 Å². The third kappa shape index (κ3) is 6.55. The van der Waals surface area contributed by atoms with Gasteiger partial charge in [0, 0.05) is 16.9 Å². The zero-order valence-electron chi connectivity index (χ0n) is 21.0. The first kappa shape index (κ1) is 25.2. The van der Waals surface area contributed by atoms with E-state index in [1.807, 2.05) is 6.07 Å². The number of benzene rings is 3. The molecule has 3 aromatic carbocycles. The molecule has 0 aliphatic carbocycles. The van der Waals surface area contributed by atoms with Crippen molar-refractivity contribution in [3.63, 3.8) is 0 Å². The van der Waals surface area contributed by atoms with Crippen LogP contribution < -0.4 is 10.0 Å². The van der Waals surface area contributed by atoms with Crippen molar-refractivity contribution in [1.29, 1.82) is 0 Å². The maximum atomic E-state index is 6.50. The fourth-order valence-corrected chi connectivity index (χ4v) is 5.74. The minimum atomic E-state index is -0.0855. The van der Waals surface area contributed by atoms with E-state index in [-0.39, 0.29) is 10.7 Å². The van der Waals surface area contributed by atoms with Crippen LogP contribution in [0.15, 0.2) is 77.8 Å². The van der Waals surface area contributed by atoms with Crippen LogP contribution in [0.4, 0.5) is 0 Å². The van der Waals surface area contributed by atoms with E-state index < -0.39 is 0 Å². The van der Waals surface area contributed by atoms with Crippen molar-refractivity contribution in [2.24, 2.45) is 4.99 Å². The first-order valence-corrected chi connectivity index (χ1v) is 13.0. The molecule has 0 aliphatic heterocycles. The minimum absolute atomic E-state index is 0.0176. The van der Waals surface area contributed by atoms with Gasteiger partial charge in [0.25, 0.3) is 0 Å². The fraction of sp³-hybridized carbons (Fsp3) is 0.367. The Morgan fingerprint density at radius 1 is 0.848 bits per heavy atom. The Morgan fingerprint density at radius 2 is 1.52 bits per heavy atom. The molecule has 0 aromatic heterocycles. The van der Waals surface area contributed by atoms with Gasteiger partial charge in [0.15, 0.2) is 0 Å². The molecule has 3 heteroatoms. The maximum absolute atomic E-state index is 6.50. The lowest BCUT2D eigenvalue weighted by atomic mass is 9.90. The Morgan fingerprint density at radius 3 is 2.18 bits per heavy atom. The van der Waals surface area contributed by atoms with Gasteiger partial charge in [-0.05, 0) is 62.5 Å². The first-order chi connectivity index (χ1) is 15.8. The van der Waals surface area contributed by atoms with Gasteiger partial charge in [-0.2, -0.15) is 0 Å². The molecule has 174 valence electrons. The highest BCUT2D eigenvalue weighted by atomic mass is 31.1. The summed E-state index contributed by atoms with van der Waals surface area (Å²) in [5.74, 6) is 1.04. The van der Waals surface area contributed by atoms with E-state index in [1.165, 1.54) is 27.6 Å². The third-order valence-electron chi connectivity index (χ3n) is 6.09. The molecule has 0 amide bonds. The molecule has 0 fully saturated rings. The number of aryl methyl sites for hydroxylation is 1. The van der Waals surface area contributed by atoms with Crippen LogP contribution in [0.2, 0.25) is 0 Å². The summed E-state index contributed by atoms with van der Waals surface area (Å²) in [5, 5.41) is 1.38. The molecular weight excluding hydrogens is 421 g/mol. The van der Waals surface area contributed by atoms with Gasteiger partial charge in [0.05, 0.1) is 5.54 Å². The van der Waals surface area contributed by atoms with E-state index in [1.54, 1.807) is 0 Å². The molecule has 0 bridgehead atoms. The summed E-state index contributed by atoms with van der Waals surface area (Å²) in [6.45, 7) is 13.8. The number of nitrogens with zero attached hydrogens (tertiary/aromatic N) is 1. The molecule has 1 unspecified atom stereocenters. The van der Waals surface area contributed by atoms with Crippen molar-refractivity contribution < 1.29 is 4.74 Å². The molecule has 0 N–H and O–H groups in total. The summed E-state index contributed by atoms with van der Waals surface area (Å²) in [7, 11) is 0.628. The van der Waals surface area contributed by atoms with Crippen molar-refractivity contribution in [1.82, 2.24) is 0 Å². The average Bonchev–Trinajstić information content (AvgIpc) is 2.81. The van der Waals surface area contributed by atoms with Crippen LogP contribution >= 0.6 is 8.58 Å². The molecule has 0 saturated heterocycles. The predicted molar refractivity (Wildman–Crippen MR) is 146 cm³/mol. The molecule has 0 heterocycles. The number of para-hydroxylation sites is 1. The molecule has 0 saturated carbocycles. The molecule has 2 nitrogen and oxygen atoms in total. The lowest BCUT2D eigenvalue weighted by Crippen LogP contribution is -2.24. The van der Waals surface area contributed by atoms with Crippen molar-refractivity contribution >= 4 is 20.1 Å². The Balaban J connectivity index is 2.00. The van der Waals surface area contributed by atoms with Gasteiger partial charge in [0.2, 0.25) is 0 Å². The number of hydrogen-bond donors (Lipinski definition) is 0. The smallest absolute Gasteiger partial charge is 0.126 e. The normalized spacial score (nSPS) is 12.7. The van der Waals surface area contributed by atoms with Crippen LogP contribution in [0.1, 0.15) is 69.7 Å². The van der Waals surface area contributed by atoms with Crippen LogP contribution in [-0.2, 0) is 11.8 Å². The summed E-state index contributed by atoms with van der Waals surface area (Å²) in [6.07, 6.45) is 4.16. The molecule has 33 heavy (non-hydrogen) atoms. The second kappa shape index (κ2) is 11.1. The summed E-state index contributed by atoms with van der Waals surface area (Å²) in [6, 6.07) is 25.8. The van der Waals surface area contributed by atoms with E-state index in [0.717, 1.165) is 18.6 Å². The lowest BCUT2D eigenvalue weighted by Gasteiger charge is -2.35. The molecule has 0 radical (unpaired) electrons. The quantitative estimate of drug-likeness (QED) is 0.236. The molecule has 1 atom stereocenters. The molecule has 3 aromatic rings. The van der Waals surface area contributed by atoms with Crippen LogP contribution in [0.3, 0.4) is 0 Å². The number of ether oxygens (including phenoxy) is 1. The van der Waals surface area contributed by atoms with Crippen LogP contribution in [0.5, 0.6) is 5.75 Å². The van der Waals surface area contributed by atoms with Crippen LogP contribution in [-0.4, -0.2) is 11.8 Å². The number of aliphatic imine (C=N–C) groups is 1. The zero-order chi connectivity index (χ0) is 23.9. The highest BCUT2D eigenvalue weighted by Gasteiger charge is 2.33. The molecule has 0 spiro atoms. The standard InChI is InChI=1S/C30H38NOP/c1-7-30(8-2,33-27-20-13-12-18-25(27)21-31-29(4,5)6)26-19-14-15-23(3)28(26)32-22-24-16-10-9-11-17-24/h9-21,33H,7-8,22H2,1-6H3. The van der Waals surface area contributed by atoms with Gasteiger partial charge in [0.1, 0.15) is 12.4 Å². The Labute approximate surface area is 202 Å². The summed E-state index contributed by atoms with van der Waals surface area (Å²) >= 11 is 0. The average molecular weight is 460 g/mol. The monoisotopic (exact) mass is 459 g/mol. The molecule has 0 aliphatic rings. The second-order valence-electron chi connectivity index (χ2n) is 9.66. The lowest BCUT2D eigenvalue weighted by molar-refractivity contribution is 0.296. The van der Waals surface area contributed by atoms with Gasteiger partial charge in [-0.15, -0.1) is 0 Å². The van der Waals surface area contributed by atoms with E-state index in [0.29, 0.717) is 15.2 Å². The van der Waals surface area contributed by atoms with Gasteiger partial charge >= 0.3 is 0 Å². The summed E-state index contributed by atoms with van der Waals surface area (Å²) in [5.41, 5.74) is 4.84. The van der Waals surface area contributed by atoms with Crippen LogP contribution in [0.25, 0.3) is 0 Å². The Bertz CT molecular complexity index is 1060. The highest BCUT2D eigenvalue weighted by Crippen LogP contribution is 2.51. The predicted octanol–water partition coefficient (Wildman–Crippen LogP) is 7.81. The maximum Gasteiger partial charge on any atom is 0.126 e. The first-order valence-electron chi connectivity index (χ1n) is 12.0. The van der Waals surface area contributed by atoms with E-state index >= 15 is 0 Å². The Kier molecular flexibility index (Phi) is 8.49. The van der Waals surface area contributed by atoms with Crippen molar-refractivity contribution in [3.05, 3.63) is 95.1 Å². The van der Waals surface area contributed by atoms with Crippen molar-refractivity contribution in [3.8, 4) is 5.75 Å². The van der Waals surface area contributed by atoms with Crippen molar-refractivity contribution in [2.45, 2.75) is 71.7 Å². The van der Waals surface area contributed by atoms with Gasteiger partial charge < -0.3 is 4.74 Å². The van der Waals surface area contributed by atoms with Crippen molar-refractivity contribution in [2.75, 3.05) is 0 Å². The van der Waals surface area contributed by atoms with E-state index in [4.69, 9.17) is 9.73 Å². The topological polar surface area (TPSA) is 21.6 Å². The SMILES string of the molecule is CCC(CC)(Pc1ccccc1C=NC(C)(C)C)c1cccc(C)c1OCc1ccccc1. The minimum Gasteiger partial charge on any atom is -0.488 e. The van der Waals surface area contributed by atoms with Gasteiger partial charge in [-0.1, -0.05) is 95.2 Å². The molecule has 3 rings (SSSR count). The van der Waals surface area contributed by atoms with Gasteiger partial charge in [-0.3, -0.25) is 4.99 Å². The number of hydrogen-bond acceptors (Lipinski definition) is 2.